The van der Waals surface area contributed by atoms with Gasteiger partial charge in [0.1, 0.15) is 5.60 Å². The van der Waals surface area contributed by atoms with Gasteiger partial charge in [0.15, 0.2) is 0 Å². The minimum absolute atomic E-state index is 0.328. The van der Waals surface area contributed by atoms with Crippen LogP contribution in [-0.2, 0) is 4.74 Å². The van der Waals surface area contributed by atoms with E-state index in [-0.39, 0.29) is 11.6 Å². The molecule has 2 N–H and O–H groups in total. The second kappa shape index (κ2) is 6.41. The summed E-state index contributed by atoms with van der Waals surface area (Å²) in [5, 5.41) is 6.30. The Bertz CT molecular complexity index is 267. The van der Waals surface area contributed by atoms with Crippen molar-refractivity contribution in [2.24, 2.45) is 5.92 Å². The molecule has 0 fully saturated rings. The topological polar surface area (TPSA) is 50.4 Å². The molecule has 0 aliphatic rings. The lowest BCUT2D eigenvalue weighted by Crippen LogP contribution is -2.53. The summed E-state index contributed by atoms with van der Waals surface area (Å²) in [5.41, 5.74) is -0.787. The SMILES string of the molecule is CC(C)C(C)NCC(C)(C)NC(=O)OC(C)(C)C. The maximum atomic E-state index is 11.7. The van der Waals surface area contributed by atoms with Crippen molar-refractivity contribution in [1.82, 2.24) is 10.6 Å². The molecule has 108 valence electrons. The van der Waals surface area contributed by atoms with Crippen molar-refractivity contribution in [3.05, 3.63) is 0 Å². The Morgan fingerprint density at radius 2 is 1.61 bits per heavy atom. The quantitative estimate of drug-likeness (QED) is 0.797. The summed E-state index contributed by atoms with van der Waals surface area (Å²) in [6.45, 7) is 16.8. The van der Waals surface area contributed by atoms with Crippen molar-refractivity contribution in [3.63, 3.8) is 0 Å². The van der Waals surface area contributed by atoms with Crippen LogP contribution < -0.4 is 10.6 Å². The van der Waals surface area contributed by atoms with Crippen LogP contribution in [0, 0.1) is 5.92 Å². The number of amides is 1. The van der Waals surface area contributed by atoms with Crippen molar-refractivity contribution >= 4 is 6.09 Å². The number of carbonyl (C=O) groups is 1. The summed E-state index contributed by atoms with van der Waals surface area (Å²) < 4.78 is 5.25. The lowest BCUT2D eigenvalue weighted by atomic mass is 10.0. The molecule has 4 heteroatoms. The average Bonchev–Trinajstić information content (AvgIpc) is 2.09. The first-order chi connectivity index (χ1) is 7.93. The third kappa shape index (κ3) is 8.34. The highest BCUT2D eigenvalue weighted by Gasteiger charge is 2.25. The van der Waals surface area contributed by atoms with Gasteiger partial charge < -0.3 is 15.4 Å². The molecule has 0 saturated heterocycles. The van der Waals surface area contributed by atoms with E-state index in [0.717, 1.165) is 0 Å². The van der Waals surface area contributed by atoms with E-state index < -0.39 is 5.60 Å². The number of hydrogen-bond donors (Lipinski definition) is 2. The van der Waals surface area contributed by atoms with Gasteiger partial charge in [0.2, 0.25) is 0 Å². The molecule has 0 spiro atoms. The number of alkyl carbamates (subject to hydrolysis) is 1. The first kappa shape index (κ1) is 17.2. The van der Waals surface area contributed by atoms with Crippen LogP contribution in [0.25, 0.3) is 0 Å². The molecule has 18 heavy (non-hydrogen) atoms. The average molecular weight is 258 g/mol. The van der Waals surface area contributed by atoms with Crippen LogP contribution in [-0.4, -0.2) is 29.8 Å². The van der Waals surface area contributed by atoms with Gasteiger partial charge in [-0.05, 0) is 47.5 Å². The zero-order valence-electron chi connectivity index (χ0n) is 13.2. The van der Waals surface area contributed by atoms with Crippen molar-refractivity contribution in [2.45, 2.75) is 72.6 Å². The molecule has 1 atom stereocenters. The highest BCUT2D eigenvalue weighted by atomic mass is 16.6. The minimum atomic E-state index is -0.460. The molecule has 0 heterocycles. The number of nitrogens with one attached hydrogen (secondary N) is 2. The number of rotatable bonds is 5. The van der Waals surface area contributed by atoms with Crippen LogP contribution in [0.5, 0.6) is 0 Å². The van der Waals surface area contributed by atoms with Crippen molar-refractivity contribution in [2.75, 3.05) is 6.54 Å². The summed E-state index contributed by atoms with van der Waals surface area (Å²) in [4.78, 5) is 11.7. The van der Waals surface area contributed by atoms with Crippen molar-refractivity contribution in [1.29, 1.82) is 0 Å². The number of ether oxygens (including phenoxy) is 1. The standard InChI is InChI=1S/C14H30N2O2/c1-10(2)11(3)15-9-14(7,8)16-12(17)18-13(4,5)6/h10-11,15H,9H2,1-8H3,(H,16,17). The molecule has 0 radical (unpaired) electrons. The zero-order chi connectivity index (χ0) is 14.6. The Hall–Kier alpha value is -0.770. The fourth-order valence-corrected chi connectivity index (χ4v) is 1.28. The van der Waals surface area contributed by atoms with E-state index in [1.807, 2.05) is 34.6 Å². The second-order valence-corrected chi connectivity index (χ2v) is 6.92. The van der Waals surface area contributed by atoms with Crippen molar-refractivity contribution < 1.29 is 9.53 Å². The van der Waals surface area contributed by atoms with E-state index in [4.69, 9.17) is 4.74 Å². The summed E-state index contributed by atoms with van der Waals surface area (Å²) in [6.07, 6.45) is -0.369. The zero-order valence-corrected chi connectivity index (χ0v) is 13.2. The minimum Gasteiger partial charge on any atom is -0.444 e. The molecule has 0 rings (SSSR count). The van der Waals surface area contributed by atoms with E-state index in [2.05, 4.69) is 31.4 Å². The molecule has 0 bridgehead atoms. The Kier molecular flexibility index (Phi) is 6.14. The van der Waals surface area contributed by atoms with E-state index in [1.54, 1.807) is 0 Å². The van der Waals surface area contributed by atoms with E-state index >= 15 is 0 Å². The van der Waals surface area contributed by atoms with Crippen LogP contribution in [0.15, 0.2) is 0 Å². The third-order valence-electron chi connectivity index (χ3n) is 2.71. The molecule has 1 amide bonds. The molecule has 1 unspecified atom stereocenters. The monoisotopic (exact) mass is 258 g/mol. The van der Waals surface area contributed by atoms with Crippen LogP contribution in [0.1, 0.15) is 55.4 Å². The molecule has 0 aromatic carbocycles. The smallest absolute Gasteiger partial charge is 0.408 e. The normalized spacial score (nSPS) is 14.5. The van der Waals surface area contributed by atoms with Gasteiger partial charge in [-0.1, -0.05) is 13.8 Å². The fraction of sp³-hybridized carbons (Fsp3) is 0.929. The van der Waals surface area contributed by atoms with Crippen LogP contribution >= 0.6 is 0 Å². The fourth-order valence-electron chi connectivity index (χ4n) is 1.28. The van der Waals surface area contributed by atoms with Gasteiger partial charge in [-0.15, -0.1) is 0 Å². The molecule has 0 aliphatic carbocycles. The summed E-state index contributed by atoms with van der Waals surface area (Å²) in [7, 11) is 0. The molecule has 4 nitrogen and oxygen atoms in total. The lowest BCUT2D eigenvalue weighted by Gasteiger charge is -2.30. The van der Waals surface area contributed by atoms with Crippen LogP contribution in [0.3, 0.4) is 0 Å². The third-order valence-corrected chi connectivity index (χ3v) is 2.71. The Labute approximate surface area is 112 Å². The summed E-state index contributed by atoms with van der Waals surface area (Å²) >= 11 is 0. The van der Waals surface area contributed by atoms with Gasteiger partial charge in [0, 0.05) is 12.6 Å². The number of carbonyl (C=O) groups excluding carboxylic acids is 1. The van der Waals surface area contributed by atoms with Gasteiger partial charge in [-0.2, -0.15) is 0 Å². The highest BCUT2D eigenvalue weighted by Crippen LogP contribution is 2.09. The van der Waals surface area contributed by atoms with Crippen LogP contribution in [0.4, 0.5) is 4.79 Å². The summed E-state index contributed by atoms with van der Waals surface area (Å²) in [6, 6.07) is 0.421. The van der Waals surface area contributed by atoms with Crippen LogP contribution in [0.2, 0.25) is 0 Å². The first-order valence-corrected chi connectivity index (χ1v) is 6.67. The lowest BCUT2D eigenvalue weighted by molar-refractivity contribution is 0.0470. The largest absolute Gasteiger partial charge is 0.444 e. The Morgan fingerprint density at radius 3 is 2.00 bits per heavy atom. The van der Waals surface area contributed by atoms with E-state index in [1.165, 1.54) is 0 Å². The van der Waals surface area contributed by atoms with Gasteiger partial charge in [-0.25, -0.2) is 4.79 Å². The molecular weight excluding hydrogens is 228 g/mol. The van der Waals surface area contributed by atoms with Gasteiger partial charge in [-0.3, -0.25) is 0 Å². The highest BCUT2D eigenvalue weighted by molar-refractivity contribution is 5.68. The van der Waals surface area contributed by atoms with Gasteiger partial charge in [0.05, 0.1) is 5.54 Å². The Morgan fingerprint density at radius 1 is 1.11 bits per heavy atom. The van der Waals surface area contributed by atoms with Gasteiger partial charge >= 0.3 is 6.09 Å². The summed E-state index contributed by atoms with van der Waals surface area (Å²) in [5.74, 6) is 0.572. The molecule has 0 saturated carbocycles. The molecular formula is C14H30N2O2. The molecule has 0 aromatic heterocycles. The molecule has 0 aromatic rings. The second-order valence-electron chi connectivity index (χ2n) is 6.92. The maximum absolute atomic E-state index is 11.7. The molecule has 0 aliphatic heterocycles. The predicted molar refractivity (Wildman–Crippen MR) is 75.8 cm³/mol. The van der Waals surface area contributed by atoms with Crippen molar-refractivity contribution in [3.8, 4) is 0 Å². The number of hydrogen-bond acceptors (Lipinski definition) is 3. The predicted octanol–water partition coefficient (Wildman–Crippen LogP) is 2.92. The maximum Gasteiger partial charge on any atom is 0.408 e. The Balaban J connectivity index is 4.18. The van der Waals surface area contributed by atoms with E-state index in [9.17, 15) is 4.79 Å². The first-order valence-electron chi connectivity index (χ1n) is 6.67. The van der Waals surface area contributed by atoms with Gasteiger partial charge in [0.25, 0.3) is 0 Å². The van der Waals surface area contributed by atoms with E-state index in [0.29, 0.717) is 18.5 Å².